The largest absolute Gasteiger partial charge is 0.480 e. The van der Waals surface area contributed by atoms with Gasteiger partial charge in [-0.05, 0) is 12.5 Å². The van der Waals surface area contributed by atoms with Crippen LogP contribution in [-0.4, -0.2) is 38.8 Å². The summed E-state index contributed by atoms with van der Waals surface area (Å²) in [5, 5.41) is 13.9. The highest BCUT2D eigenvalue weighted by Gasteiger charge is 2.25. The van der Waals surface area contributed by atoms with E-state index in [0.717, 1.165) is 11.2 Å². The minimum Gasteiger partial charge on any atom is -0.480 e. The van der Waals surface area contributed by atoms with Crippen LogP contribution in [0, 0.1) is 0 Å². The molecule has 0 fully saturated rings. The summed E-state index contributed by atoms with van der Waals surface area (Å²) in [5.41, 5.74) is 1.71. The minimum atomic E-state index is -0.848. The Morgan fingerprint density at radius 2 is 2.14 bits per heavy atom. The summed E-state index contributed by atoms with van der Waals surface area (Å²) in [4.78, 5) is 17.4. The molecule has 0 bridgehead atoms. The molecule has 1 atom stereocenters. The molecule has 2 rings (SSSR count). The van der Waals surface area contributed by atoms with E-state index in [2.05, 4.69) is 30.9 Å². The lowest BCUT2D eigenvalue weighted by Gasteiger charge is -2.25. The molecule has 2 aromatic heterocycles. The van der Waals surface area contributed by atoms with Gasteiger partial charge < -0.3 is 10.0 Å². The van der Waals surface area contributed by atoms with E-state index in [1.807, 2.05) is 13.0 Å². The monoisotopic (exact) mass is 290 g/mol. The topological polar surface area (TPSA) is 70.7 Å². The number of aromatic nitrogens is 3. The van der Waals surface area contributed by atoms with Crippen molar-refractivity contribution in [3.63, 3.8) is 0 Å². The van der Waals surface area contributed by atoms with Crippen molar-refractivity contribution < 1.29 is 9.90 Å². The van der Waals surface area contributed by atoms with Crippen molar-refractivity contribution in [3.05, 3.63) is 24.2 Å². The summed E-state index contributed by atoms with van der Waals surface area (Å²) < 4.78 is 1.76. The summed E-state index contributed by atoms with van der Waals surface area (Å²) in [7, 11) is 1.76. The Morgan fingerprint density at radius 3 is 2.67 bits per heavy atom. The van der Waals surface area contributed by atoms with Crippen LogP contribution >= 0.6 is 0 Å². The van der Waals surface area contributed by atoms with Gasteiger partial charge in [-0.3, -0.25) is 0 Å². The number of hydrogen-bond donors (Lipinski definition) is 1. The van der Waals surface area contributed by atoms with Crippen LogP contribution < -0.4 is 4.90 Å². The number of hydrogen-bond acceptors (Lipinski definition) is 4. The standard InChI is InChI=1S/C15H22N4O2/c1-6-10(14(20)21)18(5)13-11-9-12(15(2,3)4)17-19(11)8-7-16-13/h7-10H,6H2,1-5H3,(H,20,21). The molecule has 2 aromatic rings. The minimum absolute atomic E-state index is 0.0706. The van der Waals surface area contributed by atoms with Gasteiger partial charge in [0.2, 0.25) is 0 Å². The Labute approximate surface area is 124 Å². The highest BCUT2D eigenvalue weighted by molar-refractivity contribution is 5.80. The summed E-state index contributed by atoms with van der Waals surface area (Å²) in [6, 6.07) is 1.38. The summed E-state index contributed by atoms with van der Waals surface area (Å²) in [6.45, 7) is 8.14. The average molecular weight is 290 g/mol. The number of fused-ring (bicyclic) bond motifs is 1. The van der Waals surface area contributed by atoms with Gasteiger partial charge in [-0.2, -0.15) is 5.10 Å². The van der Waals surface area contributed by atoms with Crippen LogP contribution in [0.1, 0.15) is 39.8 Å². The van der Waals surface area contributed by atoms with Crippen molar-refractivity contribution in [3.8, 4) is 0 Å². The maximum Gasteiger partial charge on any atom is 0.326 e. The fraction of sp³-hybridized carbons (Fsp3) is 0.533. The molecule has 6 heteroatoms. The quantitative estimate of drug-likeness (QED) is 0.935. The third kappa shape index (κ3) is 2.84. The van der Waals surface area contributed by atoms with Gasteiger partial charge >= 0.3 is 5.97 Å². The summed E-state index contributed by atoms with van der Waals surface area (Å²) >= 11 is 0. The first-order valence-electron chi connectivity index (χ1n) is 7.06. The highest BCUT2D eigenvalue weighted by Crippen LogP contribution is 2.26. The molecule has 2 heterocycles. The van der Waals surface area contributed by atoms with Crippen molar-refractivity contribution in [1.82, 2.24) is 14.6 Å². The molecule has 0 saturated carbocycles. The molecule has 1 unspecified atom stereocenters. The number of carbonyl (C=O) groups is 1. The van der Waals surface area contributed by atoms with Crippen LogP contribution in [0.5, 0.6) is 0 Å². The van der Waals surface area contributed by atoms with Crippen molar-refractivity contribution in [2.24, 2.45) is 0 Å². The van der Waals surface area contributed by atoms with Crippen LogP contribution in [0.15, 0.2) is 18.5 Å². The molecule has 0 spiro atoms. The van der Waals surface area contributed by atoms with Crippen LogP contribution in [0.4, 0.5) is 5.82 Å². The number of aliphatic carboxylic acids is 1. The second-order valence-corrected chi connectivity index (χ2v) is 6.23. The molecule has 0 radical (unpaired) electrons. The zero-order valence-corrected chi connectivity index (χ0v) is 13.2. The van der Waals surface area contributed by atoms with E-state index in [1.54, 1.807) is 28.9 Å². The molecule has 0 aliphatic heterocycles. The molecule has 0 aromatic carbocycles. The van der Waals surface area contributed by atoms with Crippen molar-refractivity contribution in [1.29, 1.82) is 0 Å². The Kier molecular flexibility index (Phi) is 3.89. The second kappa shape index (κ2) is 5.35. The Bertz CT molecular complexity index is 657. The fourth-order valence-corrected chi connectivity index (χ4v) is 2.31. The van der Waals surface area contributed by atoms with Gasteiger partial charge in [0.05, 0.1) is 5.69 Å². The van der Waals surface area contributed by atoms with E-state index < -0.39 is 12.0 Å². The predicted octanol–water partition coefficient (Wildman–Crippen LogP) is 2.33. The predicted molar refractivity (Wildman–Crippen MR) is 81.8 cm³/mol. The number of rotatable bonds is 4. The van der Waals surface area contributed by atoms with Crippen LogP contribution in [0.3, 0.4) is 0 Å². The first kappa shape index (κ1) is 15.3. The number of carboxylic acids is 1. The lowest BCUT2D eigenvalue weighted by atomic mass is 9.92. The molecule has 0 aliphatic carbocycles. The fourth-order valence-electron chi connectivity index (χ4n) is 2.31. The first-order valence-corrected chi connectivity index (χ1v) is 7.06. The molecular weight excluding hydrogens is 268 g/mol. The summed E-state index contributed by atoms with van der Waals surface area (Å²) in [5.74, 6) is -0.214. The van der Waals surface area contributed by atoms with E-state index in [-0.39, 0.29) is 5.41 Å². The molecule has 6 nitrogen and oxygen atoms in total. The van der Waals surface area contributed by atoms with E-state index >= 15 is 0 Å². The first-order chi connectivity index (χ1) is 9.75. The van der Waals surface area contributed by atoms with Crippen LogP contribution in [0.25, 0.3) is 5.52 Å². The zero-order valence-electron chi connectivity index (χ0n) is 13.2. The Morgan fingerprint density at radius 1 is 1.48 bits per heavy atom. The molecule has 0 saturated heterocycles. The zero-order chi connectivity index (χ0) is 15.8. The van der Waals surface area contributed by atoms with E-state index in [0.29, 0.717) is 12.2 Å². The van der Waals surface area contributed by atoms with Crippen molar-refractivity contribution >= 4 is 17.3 Å². The van der Waals surface area contributed by atoms with E-state index in [9.17, 15) is 9.90 Å². The van der Waals surface area contributed by atoms with Gasteiger partial charge in [0, 0.05) is 24.9 Å². The van der Waals surface area contributed by atoms with Crippen LogP contribution in [-0.2, 0) is 10.2 Å². The van der Waals surface area contributed by atoms with Gasteiger partial charge in [-0.1, -0.05) is 27.7 Å². The summed E-state index contributed by atoms with van der Waals surface area (Å²) in [6.07, 6.45) is 3.94. The van der Waals surface area contributed by atoms with Gasteiger partial charge in [0.15, 0.2) is 5.82 Å². The molecular formula is C15H22N4O2. The van der Waals surface area contributed by atoms with Gasteiger partial charge in [-0.25, -0.2) is 14.3 Å². The van der Waals surface area contributed by atoms with Crippen LogP contribution in [0.2, 0.25) is 0 Å². The second-order valence-electron chi connectivity index (χ2n) is 6.23. The molecule has 0 amide bonds. The van der Waals surface area contributed by atoms with Gasteiger partial charge in [-0.15, -0.1) is 0 Å². The smallest absolute Gasteiger partial charge is 0.326 e. The molecule has 0 aliphatic rings. The normalized spacial score (nSPS) is 13.4. The third-order valence-electron chi connectivity index (χ3n) is 3.61. The van der Waals surface area contributed by atoms with Gasteiger partial charge in [0.25, 0.3) is 0 Å². The highest BCUT2D eigenvalue weighted by atomic mass is 16.4. The number of nitrogens with zero attached hydrogens (tertiary/aromatic N) is 4. The number of likely N-dealkylation sites (N-methyl/N-ethyl adjacent to an activating group) is 1. The van der Waals surface area contributed by atoms with Crippen molar-refractivity contribution in [2.75, 3.05) is 11.9 Å². The number of anilines is 1. The van der Waals surface area contributed by atoms with Crippen molar-refractivity contribution in [2.45, 2.75) is 45.6 Å². The number of carboxylic acid groups (broad SMARTS) is 1. The SMILES string of the molecule is CCC(C(=O)O)N(C)c1nccn2nc(C(C)(C)C)cc12. The third-order valence-corrected chi connectivity index (χ3v) is 3.61. The average Bonchev–Trinajstić information content (AvgIpc) is 2.82. The Balaban J connectivity index is 2.54. The van der Waals surface area contributed by atoms with E-state index in [4.69, 9.17) is 0 Å². The van der Waals surface area contributed by atoms with E-state index in [1.165, 1.54) is 0 Å². The molecule has 1 N–H and O–H groups in total. The lowest BCUT2D eigenvalue weighted by Crippen LogP contribution is -2.38. The molecule has 21 heavy (non-hydrogen) atoms. The Hall–Kier alpha value is -2.11. The maximum absolute atomic E-state index is 11.4. The maximum atomic E-state index is 11.4. The molecule has 114 valence electrons. The van der Waals surface area contributed by atoms with Gasteiger partial charge in [0.1, 0.15) is 11.6 Å². The lowest BCUT2D eigenvalue weighted by molar-refractivity contribution is -0.138.